The van der Waals surface area contributed by atoms with Crippen molar-refractivity contribution in [3.8, 4) is 56.2 Å². The van der Waals surface area contributed by atoms with Crippen molar-refractivity contribution < 1.29 is 0 Å². The third-order valence-electron chi connectivity index (χ3n) is 9.48. The summed E-state index contributed by atoms with van der Waals surface area (Å²) in [4.78, 5) is 10.4. The number of hydrogen-bond acceptors (Lipinski definition) is 4. The number of fused-ring (bicyclic) bond motifs is 6. The van der Waals surface area contributed by atoms with Crippen LogP contribution in [0.25, 0.3) is 96.5 Å². The molecule has 3 aromatic heterocycles. The Bertz CT molecular complexity index is 2670. The van der Waals surface area contributed by atoms with Crippen molar-refractivity contribution in [2.24, 2.45) is 0 Å². The SMILES string of the molecule is c1ccc(-c2cc(-c3ccc4sc5ccccc5c4c3)cc(-c3cc(-c4ccc5sc6ccccc6c5c4)nc(-c4ccccc4)n3)c2)cc1. The quantitative estimate of drug-likeness (QED) is 0.182. The molecule has 50 heavy (non-hydrogen) atoms. The molecule has 7 aromatic carbocycles. The second-order valence-electron chi connectivity index (χ2n) is 12.6. The Hall–Kier alpha value is -5.94. The lowest BCUT2D eigenvalue weighted by Crippen LogP contribution is -1.96. The van der Waals surface area contributed by atoms with Crippen LogP contribution in [-0.4, -0.2) is 9.97 Å². The van der Waals surface area contributed by atoms with Crippen molar-refractivity contribution >= 4 is 63.0 Å². The van der Waals surface area contributed by atoms with E-state index in [4.69, 9.17) is 9.97 Å². The van der Waals surface area contributed by atoms with Gasteiger partial charge in [0.25, 0.3) is 0 Å². The minimum Gasteiger partial charge on any atom is -0.228 e. The maximum atomic E-state index is 5.25. The predicted octanol–water partition coefficient (Wildman–Crippen LogP) is 13.5. The molecule has 0 bridgehead atoms. The molecule has 0 atom stereocenters. The highest BCUT2D eigenvalue weighted by Crippen LogP contribution is 2.40. The predicted molar refractivity (Wildman–Crippen MR) is 215 cm³/mol. The Morgan fingerprint density at radius 3 is 1.38 bits per heavy atom. The van der Waals surface area contributed by atoms with Crippen LogP contribution in [0.5, 0.6) is 0 Å². The molecule has 4 heteroatoms. The summed E-state index contributed by atoms with van der Waals surface area (Å²) in [5.41, 5.74) is 9.60. The van der Waals surface area contributed by atoms with Gasteiger partial charge in [-0.1, -0.05) is 109 Å². The number of benzene rings is 7. The summed E-state index contributed by atoms with van der Waals surface area (Å²) in [6, 6.07) is 60.9. The molecule has 0 saturated heterocycles. The Kier molecular flexibility index (Phi) is 6.90. The smallest absolute Gasteiger partial charge is 0.160 e. The molecule has 0 aliphatic rings. The Morgan fingerprint density at radius 2 is 0.740 bits per heavy atom. The fourth-order valence-corrected chi connectivity index (χ4v) is 9.16. The molecule has 2 nitrogen and oxygen atoms in total. The van der Waals surface area contributed by atoms with Gasteiger partial charge >= 0.3 is 0 Å². The summed E-state index contributed by atoms with van der Waals surface area (Å²) in [7, 11) is 0. The highest BCUT2D eigenvalue weighted by Gasteiger charge is 2.15. The summed E-state index contributed by atoms with van der Waals surface area (Å²) >= 11 is 3.68. The van der Waals surface area contributed by atoms with Gasteiger partial charge in [-0.15, -0.1) is 22.7 Å². The lowest BCUT2D eigenvalue weighted by Gasteiger charge is -2.13. The van der Waals surface area contributed by atoms with Crippen LogP contribution in [0.15, 0.2) is 170 Å². The van der Waals surface area contributed by atoms with E-state index in [-0.39, 0.29) is 0 Å². The summed E-state index contributed by atoms with van der Waals surface area (Å²) in [6.45, 7) is 0. The van der Waals surface area contributed by atoms with E-state index >= 15 is 0 Å². The van der Waals surface area contributed by atoms with E-state index in [9.17, 15) is 0 Å². The lowest BCUT2D eigenvalue weighted by molar-refractivity contribution is 1.18. The van der Waals surface area contributed by atoms with E-state index in [1.54, 1.807) is 0 Å². The fourth-order valence-electron chi connectivity index (χ4n) is 6.99. The van der Waals surface area contributed by atoms with E-state index in [1.165, 1.54) is 51.5 Å². The molecule has 0 N–H and O–H groups in total. The van der Waals surface area contributed by atoms with Crippen molar-refractivity contribution in [1.82, 2.24) is 9.97 Å². The molecule has 0 aliphatic heterocycles. The second kappa shape index (κ2) is 11.9. The highest BCUT2D eigenvalue weighted by molar-refractivity contribution is 7.26. The largest absolute Gasteiger partial charge is 0.228 e. The van der Waals surface area contributed by atoms with Gasteiger partial charge in [-0.2, -0.15) is 0 Å². The van der Waals surface area contributed by atoms with Crippen LogP contribution in [0.4, 0.5) is 0 Å². The number of rotatable bonds is 5. The lowest BCUT2D eigenvalue weighted by atomic mass is 9.94. The summed E-state index contributed by atoms with van der Waals surface area (Å²) in [5, 5.41) is 5.13. The van der Waals surface area contributed by atoms with E-state index in [1.807, 2.05) is 40.9 Å². The average molecular weight is 673 g/mol. The van der Waals surface area contributed by atoms with Gasteiger partial charge in [0.2, 0.25) is 0 Å². The Labute approximate surface area is 297 Å². The topological polar surface area (TPSA) is 25.8 Å². The van der Waals surface area contributed by atoms with Crippen molar-refractivity contribution in [3.63, 3.8) is 0 Å². The Balaban J connectivity index is 1.19. The van der Waals surface area contributed by atoms with Crippen molar-refractivity contribution in [2.45, 2.75) is 0 Å². The van der Waals surface area contributed by atoms with Gasteiger partial charge in [0.05, 0.1) is 11.4 Å². The van der Waals surface area contributed by atoms with Crippen LogP contribution in [0.2, 0.25) is 0 Å². The monoisotopic (exact) mass is 672 g/mol. The maximum Gasteiger partial charge on any atom is 0.160 e. The number of nitrogens with zero attached hydrogens (tertiary/aromatic N) is 2. The first-order valence-corrected chi connectivity index (χ1v) is 18.4. The summed E-state index contributed by atoms with van der Waals surface area (Å²) in [5.74, 6) is 0.714. The van der Waals surface area contributed by atoms with Crippen LogP contribution in [0.1, 0.15) is 0 Å². The van der Waals surface area contributed by atoms with Gasteiger partial charge in [0, 0.05) is 57.0 Å². The molecule has 0 spiro atoms. The highest BCUT2D eigenvalue weighted by atomic mass is 32.1. The molecule has 3 heterocycles. The van der Waals surface area contributed by atoms with Crippen LogP contribution in [0, 0.1) is 0 Å². The fraction of sp³-hybridized carbons (Fsp3) is 0. The van der Waals surface area contributed by atoms with E-state index in [2.05, 4.69) is 152 Å². The average Bonchev–Trinajstić information content (AvgIpc) is 3.76. The van der Waals surface area contributed by atoms with Gasteiger partial charge in [0.15, 0.2) is 5.82 Å². The third-order valence-corrected chi connectivity index (χ3v) is 11.8. The molecular weight excluding hydrogens is 645 g/mol. The zero-order valence-electron chi connectivity index (χ0n) is 26.9. The maximum absolute atomic E-state index is 5.25. The van der Waals surface area contributed by atoms with Crippen LogP contribution >= 0.6 is 22.7 Å². The van der Waals surface area contributed by atoms with Crippen molar-refractivity contribution in [2.75, 3.05) is 0 Å². The van der Waals surface area contributed by atoms with E-state index in [0.717, 1.165) is 39.2 Å². The molecule has 10 aromatic rings. The van der Waals surface area contributed by atoms with Gasteiger partial charge in [-0.3, -0.25) is 0 Å². The molecule has 10 rings (SSSR count). The number of aromatic nitrogens is 2. The number of hydrogen-bond donors (Lipinski definition) is 0. The van der Waals surface area contributed by atoms with Crippen molar-refractivity contribution in [1.29, 1.82) is 0 Å². The standard InChI is InChI=1S/C46H28N2S2/c1-3-11-29(12-4-1)33-23-34(31-19-21-44-38(26-31)36-15-7-9-17-42(36)49-44)25-35(24-33)41-28-40(47-46(48-41)30-13-5-2-6-14-30)32-20-22-45-39(27-32)37-16-8-10-18-43(37)50-45/h1-28H. The van der Waals surface area contributed by atoms with Gasteiger partial charge in [-0.05, 0) is 82.9 Å². The molecule has 0 radical (unpaired) electrons. The zero-order chi connectivity index (χ0) is 33.0. The van der Waals surface area contributed by atoms with E-state index in [0.29, 0.717) is 5.82 Å². The first-order valence-electron chi connectivity index (χ1n) is 16.7. The number of thiophene rings is 2. The first kappa shape index (κ1) is 29.0. The zero-order valence-corrected chi connectivity index (χ0v) is 28.5. The summed E-state index contributed by atoms with van der Waals surface area (Å²) < 4.78 is 5.20. The molecule has 0 unspecified atom stereocenters. The van der Waals surface area contributed by atoms with Crippen LogP contribution < -0.4 is 0 Å². The molecule has 234 valence electrons. The molecular formula is C46H28N2S2. The molecule has 0 amide bonds. The first-order chi connectivity index (χ1) is 24.7. The minimum atomic E-state index is 0.714. The molecule has 0 fully saturated rings. The Morgan fingerprint density at radius 1 is 0.280 bits per heavy atom. The minimum absolute atomic E-state index is 0.714. The van der Waals surface area contributed by atoms with Crippen LogP contribution in [-0.2, 0) is 0 Å². The molecule has 0 saturated carbocycles. The second-order valence-corrected chi connectivity index (χ2v) is 14.8. The van der Waals surface area contributed by atoms with Crippen molar-refractivity contribution in [3.05, 3.63) is 170 Å². The summed E-state index contributed by atoms with van der Waals surface area (Å²) in [6.07, 6.45) is 0. The van der Waals surface area contributed by atoms with E-state index < -0.39 is 0 Å². The van der Waals surface area contributed by atoms with Gasteiger partial charge < -0.3 is 0 Å². The van der Waals surface area contributed by atoms with Gasteiger partial charge in [0.1, 0.15) is 0 Å². The van der Waals surface area contributed by atoms with Gasteiger partial charge in [-0.25, -0.2) is 9.97 Å². The van der Waals surface area contributed by atoms with Crippen LogP contribution in [0.3, 0.4) is 0 Å². The normalized spacial score (nSPS) is 11.6. The third kappa shape index (κ3) is 5.09. The molecule has 0 aliphatic carbocycles.